The highest BCUT2D eigenvalue weighted by Gasteiger charge is 2.94. The van der Waals surface area contributed by atoms with Gasteiger partial charge in [-0.15, -0.1) is 0 Å². The molecule has 2 heterocycles. The Hall–Kier alpha value is -2.48. The van der Waals surface area contributed by atoms with Crippen LogP contribution in [0.1, 0.15) is 18.4 Å². The molecule has 7 heteroatoms. The molecule has 0 radical (unpaired) electrons. The molecule has 1 spiro atoms. The van der Waals surface area contributed by atoms with Gasteiger partial charge in [0.05, 0.1) is 24.8 Å². The summed E-state index contributed by atoms with van der Waals surface area (Å²) in [5.74, 6) is -2.96. The van der Waals surface area contributed by atoms with E-state index in [1.54, 1.807) is 25.1 Å². The van der Waals surface area contributed by atoms with Crippen LogP contribution in [0.3, 0.4) is 0 Å². The van der Waals surface area contributed by atoms with Crippen molar-refractivity contribution >= 4 is 5.84 Å². The number of hydrogen-bond acceptors (Lipinski definition) is 6. The van der Waals surface area contributed by atoms with Gasteiger partial charge in [-0.25, -0.2) is 9.38 Å². The molecule has 5 atom stereocenters. The van der Waals surface area contributed by atoms with E-state index in [9.17, 15) is 14.9 Å². The Morgan fingerprint density at radius 3 is 2.65 bits per heavy atom. The molecular formula is C16H13FN4O2. The molecule has 4 rings (SSSR count). The van der Waals surface area contributed by atoms with Gasteiger partial charge < -0.3 is 15.2 Å². The molecule has 0 unspecified atom stereocenters. The average Bonchev–Trinajstić information content (AvgIpc) is 2.91. The van der Waals surface area contributed by atoms with Crippen LogP contribution in [-0.2, 0) is 9.47 Å². The Kier molecular flexibility index (Phi) is 2.51. The van der Waals surface area contributed by atoms with Crippen LogP contribution >= 0.6 is 0 Å². The molecule has 1 saturated carbocycles. The largest absolute Gasteiger partial charge is 0.386 e. The number of halogens is 1. The molecule has 116 valence electrons. The van der Waals surface area contributed by atoms with Crippen LogP contribution in [0.15, 0.2) is 29.3 Å². The molecule has 0 aromatic heterocycles. The van der Waals surface area contributed by atoms with E-state index in [2.05, 4.69) is 17.1 Å². The van der Waals surface area contributed by atoms with Crippen LogP contribution in [0, 0.1) is 39.3 Å². The maximum Gasteiger partial charge on any atom is 0.293 e. The predicted molar refractivity (Wildman–Crippen MR) is 76.1 cm³/mol. The number of fused-ring (bicyclic) bond motifs is 2. The van der Waals surface area contributed by atoms with Crippen molar-refractivity contribution in [1.29, 1.82) is 10.5 Å². The van der Waals surface area contributed by atoms with Gasteiger partial charge in [0, 0.05) is 5.92 Å². The Balaban J connectivity index is 1.95. The molecule has 2 N–H and O–H groups in total. The summed E-state index contributed by atoms with van der Waals surface area (Å²) in [6.07, 6.45) is -0.298. The van der Waals surface area contributed by atoms with Crippen molar-refractivity contribution in [1.82, 2.24) is 0 Å². The fourth-order valence-electron chi connectivity index (χ4n) is 4.04. The molecule has 1 aromatic carbocycles. The zero-order valence-corrected chi connectivity index (χ0v) is 12.3. The van der Waals surface area contributed by atoms with Gasteiger partial charge in [-0.05, 0) is 18.6 Å². The highest BCUT2D eigenvalue weighted by atomic mass is 19.1. The third kappa shape index (κ3) is 1.28. The molecule has 3 aliphatic rings. The van der Waals surface area contributed by atoms with Crippen molar-refractivity contribution in [3.63, 3.8) is 0 Å². The maximum atomic E-state index is 14.3. The second kappa shape index (κ2) is 4.08. The van der Waals surface area contributed by atoms with Gasteiger partial charge in [0.25, 0.3) is 5.91 Å². The lowest BCUT2D eigenvalue weighted by Gasteiger charge is -2.26. The third-order valence-corrected chi connectivity index (χ3v) is 5.02. The summed E-state index contributed by atoms with van der Waals surface area (Å²) in [6, 6.07) is 10.3. The van der Waals surface area contributed by atoms with Crippen LogP contribution in [0.4, 0.5) is 4.39 Å². The minimum atomic E-state index is -1.64. The number of aliphatic imine (C=N–C) groups is 1. The van der Waals surface area contributed by atoms with Crippen molar-refractivity contribution in [2.45, 2.75) is 24.9 Å². The number of ether oxygens (including phenoxy) is 2. The molecule has 1 aliphatic carbocycles. The van der Waals surface area contributed by atoms with Crippen molar-refractivity contribution in [2.24, 2.45) is 21.6 Å². The monoisotopic (exact) mass is 312 g/mol. The molecule has 23 heavy (non-hydrogen) atoms. The highest BCUT2D eigenvalue weighted by Crippen LogP contribution is 2.82. The van der Waals surface area contributed by atoms with Crippen LogP contribution in [-0.4, -0.2) is 24.5 Å². The van der Waals surface area contributed by atoms with Gasteiger partial charge in [-0.3, -0.25) is 0 Å². The molecule has 1 saturated heterocycles. The summed E-state index contributed by atoms with van der Waals surface area (Å²) >= 11 is 0. The molecule has 2 aliphatic heterocycles. The zero-order valence-electron chi connectivity index (χ0n) is 12.3. The van der Waals surface area contributed by atoms with Crippen LogP contribution in [0.5, 0.6) is 0 Å². The standard InChI is InChI=1S/C16H13FN4O2/c1-9-6-22-16(23-9)15(8-19)12(10-4-2-3-5-11(10)17)14(15,7-18)13(20)21-16/h2-5,9,12H,6H2,1H3,(H2,20,21)/t9-,12+,14+,15-,16+/m1/s1. The normalized spacial score (nSPS) is 43.6. The van der Waals surface area contributed by atoms with Crippen LogP contribution in [0.25, 0.3) is 0 Å². The van der Waals surface area contributed by atoms with E-state index in [1.807, 2.05) is 0 Å². The van der Waals surface area contributed by atoms with E-state index < -0.39 is 28.5 Å². The van der Waals surface area contributed by atoms with Gasteiger partial charge in [-0.1, -0.05) is 18.2 Å². The highest BCUT2D eigenvalue weighted by molar-refractivity contribution is 6.00. The summed E-state index contributed by atoms with van der Waals surface area (Å²) in [5.41, 5.74) is 3.33. The Morgan fingerprint density at radius 1 is 1.35 bits per heavy atom. The molecule has 6 nitrogen and oxygen atoms in total. The predicted octanol–water partition coefficient (Wildman–Crippen LogP) is 1.40. The lowest BCUT2D eigenvalue weighted by molar-refractivity contribution is -0.193. The number of nitrogens with two attached hydrogens (primary N) is 1. The molecular weight excluding hydrogens is 299 g/mol. The van der Waals surface area contributed by atoms with Crippen molar-refractivity contribution in [3.8, 4) is 12.1 Å². The molecule has 0 bridgehead atoms. The lowest BCUT2D eigenvalue weighted by Crippen LogP contribution is -2.39. The number of rotatable bonds is 1. The van der Waals surface area contributed by atoms with Gasteiger partial charge >= 0.3 is 0 Å². The van der Waals surface area contributed by atoms with Crippen LogP contribution in [0.2, 0.25) is 0 Å². The number of nitriles is 2. The first-order chi connectivity index (χ1) is 11.0. The van der Waals surface area contributed by atoms with Crippen molar-refractivity contribution < 1.29 is 13.9 Å². The van der Waals surface area contributed by atoms with Crippen molar-refractivity contribution in [2.75, 3.05) is 6.61 Å². The first kappa shape index (κ1) is 14.1. The Bertz CT molecular complexity index is 828. The minimum absolute atomic E-state index is 0.0381. The minimum Gasteiger partial charge on any atom is -0.386 e. The summed E-state index contributed by atoms with van der Waals surface area (Å²) in [4.78, 5) is 4.17. The number of amidine groups is 1. The number of hydrogen-bond donors (Lipinski definition) is 1. The second-order valence-corrected chi connectivity index (χ2v) is 6.11. The van der Waals surface area contributed by atoms with E-state index in [1.165, 1.54) is 6.07 Å². The molecule has 1 aromatic rings. The van der Waals surface area contributed by atoms with Gasteiger partial charge in [0.2, 0.25) is 0 Å². The van der Waals surface area contributed by atoms with Crippen molar-refractivity contribution in [3.05, 3.63) is 35.6 Å². The van der Waals surface area contributed by atoms with E-state index in [4.69, 9.17) is 15.2 Å². The van der Waals surface area contributed by atoms with Gasteiger partial charge in [0.15, 0.2) is 5.41 Å². The zero-order chi connectivity index (χ0) is 16.5. The lowest BCUT2D eigenvalue weighted by atomic mass is 9.94. The van der Waals surface area contributed by atoms with E-state index in [0.29, 0.717) is 0 Å². The molecule has 0 amide bonds. The van der Waals surface area contributed by atoms with E-state index in [0.717, 1.165) is 0 Å². The van der Waals surface area contributed by atoms with Gasteiger partial charge in [-0.2, -0.15) is 10.5 Å². The van der Waals surface area contributed by atoms with Crippen LogP contribution < -0.4 is 5.73 Å². The average molecular weight is 312 g/mol. The van der Waals surface area contributed by atoms with E-state index in [-0.39, 0.29) is 24.1 Å². The smallest absolute Gasteiger partial charge is 0.293 e. The SMILES string of the molecule is C[C@@H]1CO[C@]2(N=C(N)[C@]3(C#N)[C@H](c4ccccc4F)[C@@]23C#N)O1. The van der Waals surface area contributed by atoms with E-state index >= 15 is 0 Å². The molecule has 2 fully saturated rings. The maximum absolute atomic E-state index is 14.3. The van der Waals surface area contributed by atoms with Gasteiger partial charge in [0.1, 0.15) is 17.1 Å². The number of nitrogens with zero attached hydrogens (tertiary/aromatic N) is 3. The second-order valence-electron chi connectivity index (χ2n) is 6.11. The summed E-state index contributed by atoms with van der Waals surface area (Å²) in [7, 11) is 0. The first-order valence-electron chi connectivity index (χ1n) is 7.23. The Labute approximate surface area is 131 Å². The summed E-state index contributed by atoms with van der Waals surface area (Å²) < 4.78 is 25.7. The quantitative estimate of drug-likeness (QED) is 0.844. The summed E-state index contributed by atoms with van der Waals surface area (Å²) in [5, 5.41) is 19.7. The summed E-state index contributed by atoms with van der Waals surface area (Å²) in [6.45, 7) is 2.00. The Morgan fingerprint density at radius 2 is 2.09 bits per heavy atom. The topological polar surface area (TPSA) is 104 Å². The third-order valence-electron chi connectivity index (χ3n) is 5.02. The first-order valence-corrected chi connectivity index (χ1v) is 7.23. The fourth-order valence-corrected chi connectivity index (χ4v) is 4.04. The fraction of sp³-hybridized carbons (Fsp3) is 0.438. The number of benzene rings is 1.